The number of amides is 1. The number of rotatable bonds is 2. The molecule has 1 amide bonds. The molecule has 6 heteroatoms. The van der Waals surface area contributed by atoms with Gasteiger partial charge in [0.15, 0.2) is 5.11 Å². The summed E-state index contributed by atoms with van der Waals surface area (Å²) in [6, 6.07) is 2.52. The molecule has 3 N–H and O–H groups in total. The largest absolute Gasteiger partial charge is 0.359 e. The Hall–Kier alpha value is -1.14. The molecule has 0 unspecified atom stereocenters. The number of thiocarbonyl (C=S) groups is 1. The molecule has 0 spiro atoms. The summed E-state index contributed by atoms with van der Waals surface area (Å²) in [4.78, 5) is 14.5. The fourth-order valence-corrected chi connectivity index (χ4v) is 4.79. The van der Waals surface area contributed by atoms with Crippen molar-refractivity contribution in [2.75, 3.05) is 0 Å². The average molecular weight is 352 g/mol. The van der Waals surface area contributed by atoms with Crippen molar-refractivity contribution >= 4 is 34.6 Å². The summed E-state index contributed by atoms with van der Waals surface area (Å²) < 4.78 is 0. The van der Waals surface area contributed by atoms with Crippen molar-refractivity contribution in [3.8, 4) is 0 Å². The Bertz CT molecular complexity index is 539. The summed E-state index contributed by atoms with van der Waals surface area (Å²) >= 11 is 6.88. The molecule has 126 valence electrons. The van der Waals surface area contributed by atoms with Crippen LogP contribution in [0.25, 0.3) is 0 Å². The van der Waals surface area contributed by atoms with Gasteiger partial charge in [0.05, 0.1) is 4.88 Å². The molecular weight excluding hydrogens is 326 g/mol. The number of hydrogen-bond acceptors (Lipinski definition) is 3. The highest BCUT2D eigenvalue weighted by Gasteiger charge is 2.17. The summed E-state index contributed by atoms with van der Waals surface area (Å²) in [7, 11) is 0. The molecule has 1 heterocycles. The minimum atomic E-state index is -0.0858. The van der Waals surface area contributed by atoms with Gasteiger partial charge in [-0.2, -0.15) is 0 Å². The molecule has 0 bridgehead atoms. The van der Waals surface area contributed by atoms with E-state index in [1.54, 1.807) is 11.3 Å². The van der Waals surface area contributed by atoms with Gasteiger partial charge in [0.1, 0.15) is 0 Å². The monoisotopic (exact) mass is 351 g/mol. The van der Waals surface area contributed by atoms with Gasteiger partial charge in [0.25, 0.3) is 5.91 Å². The quantitative estimate of drug-likeness (QED) is 0.564. The molecule has 1 fully saturated rings. The van der Waals surface area contributed by atoms with Gasteiger partial charge in [0, 0.05) is 10.9 Å². The Balaban J connectivity index is 1.51. The van der Waals surface area contributed by atoms with E-state index in [2.05, 4.69) is 22.2 Å². The first kappa shape index (κ1) is 16.7. The molecule has 0 aliphatic heterocycles. The smallest absolute Gasteiger partial charge is 0.279 e. The van der Waals surface area contributed by atoms with E-state index in [-0.39, 0.29) is 5.91 Å². The fraction of sp³-hybridized carbons (Fsp3) is 0.647. The number of hydrogen-bond donors (Lipinski definition) is 3. The van der Waals surface area contributed by atoms with Gasteiger partial charge < -0.3 is 5.32 Å². The lowest BCUT2D eigenvalue weighted by Gasteiger charge is -2.15. The molecule has 2 aliphatic carbocycles. The Morgan fingerprint density at radius 2 is 1.78 bits per heavy atom. The van der Waals surface area contributed by atoms with E-state index in [0.29, 0.717) is 11.2 Å². The lowest BCUT2D eigenvalue weighted by Crippen LogP contribution is -2.49. The molecule has 0 saturated heterocycles. The standard InChI is InChI=1S/C17H25N3OS2/c21-16(19-20-17(22)18-13-8-5-6-9-13)15-11-12-7-3-1-2-4-10-14(12)23-15/h11,13H,1-10H2,(H,19,21)(H2,18,20,22). The third-order valence-corrected chi connectivity index (χ3v) is 6.16. The second kappa shape index (κ2) is 8.11. The van der Waals surface area contributed by atoms with Crippen LogP contribution < -0.4 is 16.2 Å². The average Bonchev–Trinajstić information content (AvgIpc) is 3.15. The third kappa shape index (κ3) is 4.67. The summed E-state index contributed by atoms with van der Waals surface area (Å²) in [5.74, 6) is -0.0858. The molecule has 1 aromatic heterocycles. The molecule has 1 saturated carbocycles. The Morgan fingerprint density at radius 1 is 1.04 bits per heavy atom. The molecule has 2 aliphatic rings. The SMILES string of the molecule is O=C(NNC(=S)NC1CCCC1)c1cc2c(s1)CCCCCC2. The minimum absolute atomic E-state index is 0.0858. The predicted octanol–water partition coefficient (Wildman–Crippen LogP) is 3.46. The highest BCUT2D eigenvalue weighted by atomic mass is 32.1. The Kier molecular flexibility index (Phi) is 5.89. The summed E-state index contributed by atoms with van der Waals surface area (Å²) in [5.41, 5.74) is 6.94. The van der Waals surface area contributed by atoms with Crippen LogP contribution in [0.2, 0.25) is 0 Å². The number of carbonyl (C=O) groups is 1. The van der Waals surface area contributed by atoms with E-state index in [0.717, 1.165) is 30.6 Å². The zero-order valence-electron chi connectivity index (χ0n) is 13.5. The van der Waals surface area contributed by atoms with Crippen LogP contribution in [0.15, 0.2) is 6.07 Å². The highest BCUT2D eigenvalue weighted by Crippen LogP contribution is 2.28. The molecule has 3 rings (SSSR count). The molecular formula is C17H25N3OS2. The van der Waals surface area contributed by atoms with Gasteiger partial charge in [-0.05, 0) is 62.4 Å². The van der Waals surface area contributed by atoms with Crippen LogP contribution in [0.1, 0.15) is 71.5 Å². The predicted molar refractivity (Wildman–Crippen MR) is 98.8 cm³/mol. The second-order valence-corrected chi connectivity index (χ2v) is 8.05. The normalized spacial score (nSPS) is 18.6. The van der Waals surface area contributed by atoms with E-state index in [4.69, 9.17) is 12.2 Å². The summed E-state index contributed by atoms with van der Waals surface area (Å²) in [6.07, 6.45) is 12.1. The van der Waals surface area contributed by atoms with Crippen molar-refractivity contribution in [3.05, 3.63) is 21.4 Å². The Morgan fingerprint density at radius 3 is 2.57 bits per heavy atom. The first-order chi connectivity index (χ1) is 11.2. The number of thiophene rings is 1. The molecule has 4 nitrogen and oxygen atoms in total. The van der Waals surface area contributed by atoms with Crippen LogP contribution >= 0.6 is 23.6 Å². The molecule has 23 heavy (non-hydrogen) atoms. The first-order valence-electron chi connectivity index (χ1n) is 8.71. The number of carbonyl (C=O) groups excluding carboxylic acids is 1. The fourth-order valence-electron chi connectivity index (χ4n) is 3.42. The second-order valence-electron chi connectivity index (χ2n) is 6.51. The van der Waals surface area contributed by atoms with Crippen molar-refractivity contribution in [2.45, 2.75) is 70.3 Å². The molecule has 0 aromatic carbocycles. The third-order valence-electron chi connectivity index (χ3n) is 4.70. The maximum Gasteiger partial charge on any atom is 0.279 e. The molecule has 1 aromatic rings. The van der Waals surface area contributed by atoms with Crippen LogP contribution in [0.4, 0.5) is 0 Å². The van der Waals surface area contributed by atoms with Crippen LogP contribution in [0.3, 0.4) is 0 Å². The van der Waals surface area contributed by atoms with Gasteiger partial charge >= 0.3 is 0 Å². The first-order valence-corrected chi connectivity index (χ1v) is 9.93. The van der Waals surface area contributed by atoms with E-state index >= 15 is 0 Å². The van der Waals surface area contributed by atoms with Gasteiger partial charge in [-0.1, -0.05) is 25.7 Å². The maximum absolute atomic E-state index is 12.3. The number of aryl methyl sites for hydroxylation is 2. The van der Waals surface area contributed by atoms with Crippen molar-refractivity contribution in [3.63, 3.8) is 0 Å². The number of hydrazine groups is 1. The van der Waals surface area contributed by atoms with Crippen molar-refractivity contribution < 1.29 is 4.79 Å². The van der Waals surface area contributed by atoms with Gasteiger partial charge in [0.2, 0.25) is 0 Å². The summed E-state index contributed by atoms with van der Waals surface area (Å²) in [6.45, 7) is 0. The van der Waals surface area contributed by atoms with Gasteiger partial charge in [-0.3, -0.25) is 15.6 Å². The van der Waals surface area contributed by atoms with Crippen LogP contribution in [0.5, 0.6) is 0 Å². The van der Waals surface area contributed by atoms with Crippen LogP contribution in [0, 0.1) is 0 Å². The minimum Gasteiger partial charge on any atom is -0.359 e. The van der Waals surface area contributed by atoms with Crippen molar-refractivity contribution in [1.82, 2.24) is 16.2 Å². The van der Waals surface area contributed by atoms with Gasteiger partial charge in [-0.15, -0.1) is 11.3 Å². The van der Waals surface area contributed by atoms with Crippen LogP contribution in [-0.2, 0) is 12.8 Å². The van der Waals surface area contributed by atoms with Crippen molar-refractivity contribution in [1.29, 1.82) is 0 Å². The highest BCUT2D eigenvalue weighted by molar-refractivity contribution is 7.80. The van der Waals surface area contributed by atoms with Crippen molar-refractivity contribution in [2.24, 2.45) is 0 Å². The zero-order chi connectivity index (χ0) is 16.1. The van der Waals surface area contributed by atoms with E-state index in [9.17, 15) is 4.79 Å². The molecule has 0 atom stereocenters. The lowest BCUT2D eigenvalue weighted by atomic mass is 10.00. The topological polar surface area (TPSA) is 53.2 Å². The zero-order valence-corrected chi connectivity index (χ0v) is 15.1. The Labute approximate surface area is 147 Å². The van der Waals surface area contributed by atoms with E-state index < -0.39 is 0 Å². The van der Waals surface area contributed by atoms with Gasteiger partial charge in [-0.25, -0.2) is 0 Å². The summed E-state index contributed by atoms with van der Waals surface area (Å²) in [5, 5.41) is 3.77. The lowest BCUT2D eigenvalue weighted by molar-refractivity contribution is 0.0947. The van der Waals surface area contributed by atoms with E-state index in [1.807, 2.05) is 0 Å². The molecule has 0 radical (unpaired) electrons. The number of nitrogens with one attached hydrogen (secondary N) is 3. The number of fused-ring (bicyclic) bond motifs is 1. The van der Waals surface area contributed by atoms with E-state index in [1.165, 1.54) is 49.0 Å². The van der Waals surface area contributed by atoms with Crippen LogP contribution in [-0.4, -0.2) is 17.1 Å². The maximum atomic E-state index is 12.3.